The molecule has 1 heteroatoms. The fourth-order valence-corrected chi connectivity index (χ4v) is 0.761. The van der Waals surface area contributed by atoms with Crippen molar-refractivity contribution in [2.45, 2.75) is 13.8 Å². The summed E-state index contributed by atoms with van der Waals surface area (Å²) in [6.45, 7) is 3.99. The molecule has 0 N–H and O–H groups in total. The van der Waals surface area contributed by atoms with E-state index in [9.17, 15) is 0 Å². The van der Waals surface area contributed by atoms with Gasteiger partial charge in [0.2, 0.25) is 0 Å². The first-order chi connectivity index (χ1) is 4.79. The molecule has 0 amide bonds. The Labute approximate surface area is 61.4 Å². The summed E-state index contributed by atoms with van der Waals surface area (Å²) in [5.41, 5.74) is 2.12. The highest BCUT2D eigenvalue weighted by Crippen LogP contribution is 2.09. The lowest BCUT2D eigenvalue weighted by Crippen LogP contribution is -1.76. The lowest BCUT2D eigenvalue weighted by Gasteiger charge is -1.91. The lowest BCUT2D eigenvalue weighted by atomic mass is 10.3. The molecule has 0 spiro atoms. The molecule has 1 rings (SSSR count). The topological polar surface area (TPSA) is 12.4 Å². The Kier molecular flexibility index (Phi) is 2.21. The van der Waals surface area contributed by atoms with Gasteiger partial charge in [-0.15, -0.1) is 0 Å². The van der Waals surface area contributed by atoms with Crippen molar-refractivity contribution in [2.24, 2.45) is 4.99 Å². The van der Waals surface area contributed by atoms with Crippen LogP contribution in [0.4, 0.5) is 5.69 Å². The zero-order valence-electron chi connectivity index (χ0n) is 6.33. The maximum Gasteiger partial charge on any atom is 0.0628 e. The van der Waals surface area contributed by atoms with Crippen LogP contribution in [-0.2, 0) is 0 Å². The summed E-state index contributed by atoms with van der Waals surface area (Å²) in [5, 5.41) is 0. The third kappa shape index (κ3) is 2.02. The zero-order chi connectivity index (χ0) is 7.40. The van der Waals surface area contributed by atoms with Gasteiger partial charge in [0.15, 0.2) is 0 Å². The van der Waals surface area contributed by atoms with Gasteiger partial charge in [-0.05, 0) is 26.0 Å². The third-order valence-corrected chi connectivity index (χ3v) is 1.11. The molecule has 1 nitrogen and oxygen atoms in total. The molecule has 0 aromatic heterocycles. The molecule has 0 unspecified atom stereocenters. The van der Waals surface area contributed by atoms with E-state index in [1.807, 2.05) is 44.2 Å². The minimum Gasteiger partial charge on any atom is -0.258 e. The standard InChI is InChI=1S/C9H11N/c1-8(2)10-9-6-4-3-5-7-9/h3-7H,1-2H3/i10+1. The van der Waals surface area contributed by atoms with Crippen molar-refractivity contribution in [3.8, 4) is 0 Å². The first kappa shape index (κ1) is 7.00. The van der Waals surface area contributed by atoms with E-state index >= 15 is 0 Å². The van der Waals surface area contributed by atoms with Crippen molar-refractivity contribution in [3.05, 3.63) is 30.3 Å². The van der Waals surface area contributed by atoms with Crippen molar-refractivity contribution < 1.29 is 0 Å². The monoisotopic (exact) mass is 134 g/mol. The van der Waals surface area contributed by atoms with Crippen LogP contribution in [0.3, 0.4) is 0 Å². The predicted molar refractivity (Wildman–Crippen MR) is 44.9 cm³/mol. The smallest absolute Gasteiger partial charge is 0.0628 e. The Bertz CT molecular complexity index is 220. The number of hydrogen-bond donors (Lipinski definition) is 0. The first-order valence-electron chi connectivity index (χ1n) is 3.36. The van der Waals surface area contributed by atoms with E-state index in [2.05, 4.69) is 4.99 Å². The van der Waals surface area contributed by atoms with Gasteiger partial charge in [0.25, 0.3) is 0 Å². The highest BCUT2D eigenvalue weighted by molar-refractivity contribution is 5.81. The van der Waals surface area contributed by atoms with Crippen molar-refractivity contribution >= 4 is 11.4 Å². The molecule has 0 aliphatic heterocycles. The van der Waals surface area contributed by atoms with Crippen LogP contribution in [0, 0.1) is 0 Å². The van der Waals surface area contributed by atoms with E-state index in [1.165, 1.54) is 0 Å². The molecule has 0 aliphatic carbocycles. The SMILES string of the molecule is CC(C)=[15N]c1ccccc1. The Morgan fingerprint density at radius 2 is 1.70 bits per heavy atom. The summed E-state index contributed by atoms with van der Waals surface area (Å²) in [5.74, 6) is 0. The van der Waals surface area contributed by atoms with Gasteiger partial charge in [-0.25, -0.2) is 0 Å². The number of aliphatic imine (C=N–C) groups is 1. The van der Waals surface area contributed by atoms with Crippen molar-refractivity contribution in [2.75, 3.05) is 0 Å². The maximum atomic E-state index is 4.28. The average molecular weight is 134 g/mol. The van der Waals surface area contributed by atoms with E-state index in [4.69, 9.17) is 0 Å². The van der Waals surface area contributed by atoms with Gasteiger partial charge in [0.05, 0.1) is 5.69 Å². The molecular weight excluding hydrogens is 123 g/mol. The highest BCUT2D eigenvalue weighted by atomic mass is 15.5. The second-order valence-electron chi connectivity index (χ2n) is 2.39. The average Bonchev–Trinajstić information content (AvgIpc) is 1.88. The van der Waals surface area contributed by atoms with Gasteiger partial charge in [0, 0.05) is 5.71 Å². The summed E-state index contributed by atoms with van der Waals surface area (Å²) in [4.78, 5) is 4.28. The summed E-state index contributed by atoms with van der Waals surface area (Å²) in [7, 11) is 0. The van der Waals surface area contributed by atoms with Crippen LogP contribution in [0.5, 0.6) is 0 Å². The second kappa shape index (κ2) is 3.16. The number of para-hydroxylation sites is 1. The Hall–Kier alpha value is -1.11. The molecule has 0 radical (unpaired) electrons. The Morgan fingerprint density at radius 3 is 2.20 bits per heavy atom. The quantitative estimate of drug-likeness (QED) is 0.413. The molecule has 52 valence electrons. The number of hydrogen-bond acceptors (Lipinski definition) is 1. The van der Waals surface area contributed by atoms with Gasteiger partial charge in [-0.2, -0.15) is 0 Å². The van der Waals surface area contributed by atoms with Crippen LogP contribution in [0.2, 0.25) is 0 Å². The molecule has 0 fully saturated rings. The van der Waals surface area contributed by atoms with Crippen LogP contribution in [0.15, 0.2) is 35.3 Å². The van der Waals surface area contributed by atoms with Crippen molar-refractivity contribution in [1.82, 2.24) is 0 Å². The largest absolute Gasteiger partial charge is 0.258 e. The molecule has 0 aliphatic rings. The minimum atomic E-state index is 1.03. The summed E-state index contributed by atoms with van der Waals surface area (Å²) < 4.78 is 0. The number of nitrogens with zero attached hydrogens (tertiary/aromatic N) is 1. The molecule has 0 atom stereocenters. The molecule has 10 heavy (non-hydrogen) atoms. The van der Waals surface area contributed by atoms with E-state index in [0.29, 0.717) is 0 Å². The van der Waals surface area contributed by atoms with Crippen molar-refractivity contribution in [1.29, 1.82) is 0 Å². The van der Waals surface area contributed by atoms with Crippen molar-refractivity contribution in [3.63, 3.8) is 0 Å². The maximum absolute atomic E-state index is 4.28. The molecular formula is C9H11N. The minimum absolute atomic E-state index is 1.03. The molecule has 1 aromatic rings. The van der Waals surface area contributed by atoms with E-state index in [0.717, 1.165) is 11.4 Å². The van der Waals surface area contributed by atoms with Gasteiger partial charge in [0.1, 0.15) is 0 Å². The highest BCUT2D eigenvalue weighted by Gasteiger charge is 1.83. The van der Waals surface area contributed by atoms with Crippen LogP contribution in [0.25, 0.3) is 0 Å². The molecule has 0 saturated carbocycles. The van der Waals surface area contributed by atoms with Crippen LogP contribution >= 0.6 is 0 Å². The van der Waals surface area contributed by atoms with Crippen LogP contribution < -0.4 is 0 Å². The van der Waals surface area contributed by atoms with Gasteiger partial charge in [-0.1, -0.05) is 18.2 Å². The Morgan fingerprint density at radius 1 is 1.10 bits per heavy atom. The van der Waals surface area contributed by atoms with Crippen LogP contribution in [0.1, 0.15) is 13.8 Å². The summed E-state index contributed by atoms with van der Waals surface area (Å²) in [6.07, 6.45) is 0. The molecule has 0 heterocycles. The fourth-order valence-electron chi connectivity index (χ4n) is 0.761. The number of rotatable bonds is 1. The zero-order valence-corrected chi connectivity index (χ0v) is 6.33. The molecule has 0 bridgehead atoms. The van der Waals surface area contributed by atoms with E-state index in [1.54, 1.807) is 0 Å². The second-order valence-corrected chi connectivity index (χ2v) is 2.39. The Balaban J connectivity index is 2.87. The summed E-state index contributed by atoms with van der Waals surface area (Å²) in [6, 6.07) is 9.95. The predicted octanol–water partition coefficient (Wildman–Crippen LogP) is 2.80. The molecule has 0 saturated heterocycles. The van der Waals surface area contributed by atoms with Gasteiger partial charge < -0.3 is 0 Å². The molecule has 1 aromatic carbocycles. The lowest BCUT2D eigenvalue weighted by molar-refractivity contribution is 1.48. The van der Waals surface area contributed by atoms with Gasteiger partial charge >= 0.3 is 0 Å². The van der Waals surface area contributed by atoms with E-state index < -0.39 is 0 Å². The first-order valence-corrected chi connectivity index (χ1v) is 3.36. The normalized spacial score (nSPS) is 9.00. The fraction of sp³-hybridized carbons (Fsp3) is 0.222. The summed E-state index contributed by atoms with van der Waals surface area (Å²) >= 11 is 0. The van der Waals surface area contributed by atoms with Crippen LogP contribution in [-0.4, -0.2) is 5.71 Å². The van der Waals surface area contributed by atoms with E-state index in [-0.39, 0.29) is 0 Å². The third-order valence-electron chi connectivity index (χ3n) is 1.11. The number of benzene rings is 1. The van der Waals surface area contributed by atoms with Gasteiger partial charge in [-0.3, -0.25) is 4.99 Å².